The summed E-state index contributed by atoms with van der Waals surface area (Å²) in [6, 6.07) is 20.2. The molecule has 0 unspecified atom stereocenters. The second-order valence-corrected chi connectivity index (χ2v) is 13.1. The fourth-order valence-electron chi connectivity index (χ4n) is 4.70. The van der Waals surface area contributed by atoms with Gasteiger partial charge in [-0.05, 0) is 81.8 Å². The molecule has 1 N–H and O–H groups in total. The molecule has 0 spiro atoms. The number of rotatable bonds is 15. The minimum atomic E-state index is -4.21. The lowest BCUT2D eigenvalue weighted by Crippen LogP contribution is -2.53. The largest absolute Gasteiger partial charge is 0.492 e. The highest BCUT2D eigenvalue weighted by molar-refractivity contribution is 7.98. The van der Waals surface area contributed by atoms with E-state index in [4.69, 9.17) is 4.74 Å². The molecule has 3 aromatic carbocycles. The van der Waals surface area contributed by atoms with Crippen molar-refractivity contribution in [3.63, 3.8) is 0 Å². The molecule has 0 bridgehead atoms. The minimum absolute atomic E-state index is 0.0520. The lowest BCUT2D eigenvalue weighted by Gasteiger charge is -2.34. The third-order valence-corrected chi connectivity index (χ3v) is 9.70. The Morgan fingerprint density at radius 1 is 0.953 bits per heavy atom. The number of benzene rings is 3. The Labute approximate surface area is 260 Å². The van der Waals surface area contributed by atoms with Gasteiger partial charge in [0.15, 0.2) is 0 Å². The smallest absolute Gasteiger partial charge is 0.264 e. The van der Waals surface area contributed by atoms with E-state index in [0.29, 0.717) is 18.8 Å². The van der Waals surface area contributed by atoms with E-state index in [1.165, 1.54) is 16.7 Å². The molecular weight excluding hydrogens is 583 g/mol. The highest BCUT2D eigenvalue weighted by Gasteiger charge is 2.35. The van der Waals surface area contributed by atoms with Gasteiger partial charge in [0.05, 0.1) is 17.2 Å². The molecule has 0 aliphatic carbocycles. The number of nitrogens with zero attached hydrogens (tertiary/aromatic N) is 2. The molecule has 10 heteroatoms. The number of carbonyl (C=O) groups is 2. The first-order valence-electron chi connectivity index (χ1n) is 14.6. The number of hydrogen-bond acceptors (Lipinski definition) is 6. The van der Waals surface area contributed by atoms with Crippen LogP contribution in [0.2, 0.25) is 0 Å². The van der Waals surface area contributed by atoms with Crippen molar-refractivity contribution < 1.29 is 22.7 Å². The van der Waals surface area contributed by atoms with Gasteiger partial charge in [0.25, 0.3) is 10.0 Å². The number of anilines is 1. The Morgan fingerprint density at radius 2 is 1.65 bits per heavy atom. The zero-order valence-electron chi connectivity index (χ0n) is 25.9. The molecule has 0 aliphatic heterocycles. The van der Waals surface area contributed by atoms with Crippen molar-refractivity contribution in [3.05, 3.63) is 83.9 Å². The van der Waals surface area contributed by atoms with Crippen LogP contribution in [-0.2, 0) is 26.2 Å². The number of amides is 2. The van der Waals surface area contributed by atoms with Gasteiger partial charge in [-0.3, -0.25) is 13.9 Å². The number of thioether (sulfide) groups is 1. The van der Waals surface area contributed by atoms with Gasteiger partial charge in [0.1, 0.15) is 18.3 Å². The number of ether oxygens (including phenoxy) is 1. The summed E-state index contributed by atoms with van der Waals surface area (Å²) in [6.07, 6.45) is 3.01. The summed E-state index contributed by atoms with van der Waals surface area (Å²) in [6.45, 7) is 9.46. The van der Waals surface area contributed by atoms with Crippen molar-refractivity contribution >= 4 is 39.3 Å². The highest BCUT2D eigenvalue weighted by Crippen LogP contribution is 2.33. The maximum absolute atomic E-state index is 14.3. The summed E-state index contributed by atoms with van der Waals surface area (Å²) in [5.74, 6) is -0.424. The van der Waals surface area contributed by atoms with Crippen LogP contribution in [0.15, 0.2) is 82.6 Å². The number of sulfonamides is 1. The highest BCUT2D eigenvalue weighted by atomic mass is 32.2. The Kier molecular flexibility index (Phi) is 12.5. The number of nitrogens with one attached hydrogen (secondary N) is 1. The SMILES string of the molecule is CCOc1ccccc1N(CC(=O)N(Cc1cccc(C)c1)[C@@H](CC)C(=O)N[C@H](C)CC)S(=O)(=O)c1ccc(SC)cc1. The van der Waals surface area contributed by atoms with Crippen molar-refractivity contribution in [2.45, 2.75) is 75.9 Å². The molecule has 0 fully saturated rings. The van der Waals surface area contributed by atoms with Gasteiger partial charge in [-0.15, -0.1) is 11.8 Å². The van der Waals surface area contributed by atoms with Crippen molar-refractivity contribution in [1.29, 1.82) is 0 Å². The Bertz CT molecular complexity index is 1480. The maximum atomic E-state index is 14.3. The third kappa shape index (κ3) is 8.76. The fraction of sp³-hybridized carbons (Fsp3) is 0.394. The first-order chi connectivity index (χ1) is 20.5. The lowest BCUT2D eigenvalue weighted by atomic mass is 10.1. The number of carbonyl (C=O) groups excluding carboxylic acids is 2. The predicted octanol–water partition coefficient (Wildman–Crippen LogP) is 6.03. The second kappa shape index (κ2) is 15.8. The van der Waals surface area contributed by atoms with Gasteiger partial charge in [-0.25, -0.2) is 8.42 Å². The van der Waals surface area contributed by atoms with E-state index in [-0.39, 0.29) is 29.1 Å². The molecular formula is C33H43N3O5S2. The van der Waals surface area contributed by atoms with Crippen molar-refractivity contribution in [2.75, 3.05) is 23.7 Å². The van der Waals surface area contributed by atoms with Crippen LogP contribution in [0.5, 0.6) is 5.75 Å². The summed E-state index contributed by atoms with van der Waals surface area (Å²) in [5, 5.41) is 3.00. The summed E-state index contributed by atoms with van der Waals surface area (Å²) in [7, 11) is -4.21. The Hall–Kier alpha value is -3.50. The first-order valence-corrected chi connectivity index (χ1v) is 17.3. The molecule has 0 radical (unpaired) electrons. The third-order valence-electron chi connectivity index (χ3n) is 7.18. The summed E-state index contributed by atoms with van der Waals surface area (Å²) in [5.41, 5.74) is 2.12. The molecule has 2 amide bonds. The van der Waals surface area contributed by atoms with Crippen molar-refractivity contribution in [2.24, 2.45) is 0 Å². The van der Waals surface area contributed by atoms with Crippen LogP contribution in [0, 0.1) is 6.92 Å². The fourth-order valence-corrected chi connectivity index (χ4v) is 6.53. The molecule has 0 aromatic heterocycles. The van der Waals surface area contributed by atoms with Gasteiger partial charge >= 0.3 is 0 Å². The van der Waals surface area contributed by atoms with Gasteiger partial charge in [-0.1, -0.05) is 55.8 Å². The van der Waals surface area contributed by atoms with Crippen LogP contribution < -0.4 is 14.4 Å². The lowest BCUT2D eigenvalue weighted by molar-refractivity contribution is -0.140. The van der Waals surface area contributed by atoms with Gasteiger partial charge in [0.2, 0.25) is 11.8 Å². The van der Waals surface area contributed by atoms with E-state index in [0.717, 1.165) is 26.7 Å². The van der Waals surface area contributed by atoms with E-state index >= 15 is 0 Å². The molecule has 0 aliphatic rings. The molecule has 0 saturated heterocycles. The first kappa shape index (κ1) is 34.0. The van der Waals surface area contributed by atoms with Gasteiger partial charge in [-0.2, -0.15) is 0 Å². The topological polar surface area (TPSA) is 96.0 Å². The zero-order valence-corrected chi connectivity index (χ0v) is 27.5. The number of para-hydroxylation sites is 2. The minimum Gasteiger partial charge on any atom is -0.492 e. The predicted molar refractivity (Wildman–Crippen MR) is 174 cm³/mol. The number of hydrogen-bond donors (Lipinski definition) is 1. The van der Waals surface area contributed by atoms with Crippen molar-refractivity contribution in [3.8, 4) is 5.75 Å². The van der Waals surface area contributed by atoms with Gasteiger partial charge < -0.3 is 15.0 Å². The normalized spacial score (nSPS) is 12.7. The quantitative estimate of drug-likeness (QED) is 0.207. The van der Waals surface area contributed by atoms with E-state index in [1.54, 1.807) is 48.5 Å². The monoisotopic (exact) mass is 625 g/mol. The Morgan fingerprint density at radius 3 is 2.26 bits per heavy atom. The molecule has 43 heavy (non-hydrogen) atoms. The number of aryl methyl sites for hydroxylation is 1. The van der Waals surface area contributed by atoms with E-state index in [2.05, 4.69) is 5.32 Å². The van der Waals surface area contributed by atoms with Crippen LogP contribution in [-0.4, -0.2) is 56.6 Å². The van der Waals surface area contributed by atoms with E-state index in [1.807, 2.05) is 65.1 Å². The molecule has 3 rings (SSSR count). The Balaban J connectivity index is 2.12. The molecule has 0 heterocycles. The summed E-state index contributed by atoms with van der Waals surface area (Å²) in [4.78, 5) is 30.2. The maximum Gasteiger partial charge on any atom is 0.264 e. The van der Waals surface area contributed by atoms with Crippen LogP contribution in [0.1, 0.15) is 51.7 Å². The van der Waals surface area contributed by atoms with E-state index in [9.17, 15) is 18.0 Å². The zero-order chi connectivity index (χ0) is 31.6. The molecule has 8 nitrogen and oxygen atoms in total. The summed E-state index contributed by atoms with van der Waals surface area (Å²) >= 11 is 1.51. The van der Waals surface area contributed by atoms with Crippen molar-refractivity contribution in [1.82, 2.24) is 10.2 Å². The standard InChI is InChI=1S/C33H43N3O5S2/c1-7-25(5)34-33(38)29(8-2)35(22-26-14-12-13-24(4)21-26)32(37)23-36(30-15-10-11-16-31(30)41-9-3)43(39,40)28-19-17-27(42-6)18-20-28/h10-21,25,29H,7-9,22-23H2,1-6H3,(H,34,38)/t25-,29+/m1/s1. The average molecular weight is 626 g/mol. The van der Waals surface area contributed by atoms with Gasteiger partial charge in [0, 0.05) is 17.5 Å². The molecule has 232 valence electrons. The summed E-state index contributed by atoms with van der Waals surface area (Å²) < 4.78 is 35.3. The van der Waals surface area contributed by atoms with E-state index < -0.39 is 28.5 Å². The molecule has 2 atom stereocenters. The van der Waals surface area contributed by atoms with Crippen LogP contribution in [0.25, 0.3) is 0 Å². The molecule has 3 aromatic rings. The van der Waals surface area contributed by atoms with Crippen LogP contribution in [0.4, 0.5) is 5.69 Å². The second-order valence-electron chi connectivity index (χ2n) is 10.3. The van der Waals surface area contributed by atoms with Crippen LogP contribution in [0.3, 0.4) is 0 Å². The molecule has 0 saturated carbocycles. The van der Waals surface area contributed by atoms with Crippen LogP contribution >= 0.6 is 11.8 Å². The average Bonchev–Trinajstić information content (AvgIpc) is 3.00.